The quantitative estimate of drug-likeness (QED) is 0.827. The van der Waals surface area contributed by atoms with E-state index in [0.29, 0.717) is 0 Å². The van der Waals surface area contributed by atoms with E-state index in [2.05, 4.69) is 16.7 Å². The molecule has 0 spiro atoms. The Balaban J connectivity index is 1.71. The summed E-state index contributed by atoms with van der Waals surface area (Å²) in [5.41, 5.74) is 6.44. The van der Waals surface area contributed by atoms with Gasteiger partial charge in [-0.15, -0.1) is 0 Å². The number of likely N-dealkylation sites (tertiary alicyclic amines) is 2. The van der Waals surface area contributed by atoms with Crippen molar-refractivity contribution in [3.05, 3.63) is 0 Å². The minimum atomic E-state index is 0.0213. The van der Waals surface area contributed by atoms with Crippen molar-refractivity contribution < 1.29 is 4.74 Å². The van der Waals surface area contributed by atoms with Gasteiger partial charge in [0.2, 0.25) is 0 Å². The Labute approximate surface area is 117 Å². The Bertz CT molecular complexity index is 333. The van der Waals surface area contributed by atoms with E-state index in [1.54, 1.807) is 0 Å². The van der Waals surface area contributed by atoms with Gasteiger partial charge < -0.3 is 10.5 Å². The molecule has 3 fully saturated rings. The van der Waals surface area contributed by atoms with Crippen LogP contribution in [0.15, 0.2) is 0 Å². The van der Waals surface area contributed by atoms with Crippen LogP contribution >= 0.6 is 0 Å². The Morgan fingerprint density at radius 1 is 1.21 bits per heavy atom. The van der Waals surface area contributed by atoms with E-state index in [0.717, 1.165) is 19.1 Å². The third-order valence-electron chi connectivity index (χ3n) is 5.63. The number of rotatable bonds is 4. The lowest BCUT2D eigenvalue weighted by atomic mass is 9.87. The summed E-state index contributed by atoms with van der Waals surface area (Å²) in [6.07, 6.45) is 6.44. The lowest BCUT2D eigenvalue weighted by Gasteiger charge is -2.48. The number of ether oxygens (including phenoxy) is 1. The largest absolute Gasteiger partial charge is 0.377 e. The van der Waals surface area contributed by atoms with Crippen molar-refractivity contribution in [2.75, 3.05) is 39.8 Å². The second-order valence-electron chi connectivity index (χ2n) is 7.06. The van der Waals surface area contributed by atoms with Crippen LogP contribution in [0.3, 0.4) is 0 Å². The van der Waals surface area contributed by atoms with Gasteiger partial charge in [-0.1, -0.05) is 0 Å². The first-order valence-corrected chi connectivity index (χ1v) is 7.85. The van der Waals surface area contributed by atoms with Gasteiger partial charge in [0.1, 0.15) is 0 Å². The van der Waals surface area contributed by atoms with E-state index in [9.17, 15) is 0 Å². The van der Waals surface area contributed by atoms with Crippen molar-refractivity contribution in [2.45, 2.75) is 56.2 Å². The topological polar surface area (TPSA) is 41.7 Å². The lowest BCUT2D eigenvalue weighted by molar-refractivity contribution is -0.0781. The number of hydrogen-bond donors (Lipinski definition) is 1. The molecule has 1 aliphatic carbocycles. The molecule has 2 heterocycles. The van der Waals surface area contributed by atoms with Gasteiger partial charge in [-0.3, -0.25) is 9.80 Å². The fourth-order valence-corrected chi connectivity index (χ4v) is 3.97. The second kappa shape index (κ2) is 4.99. The smallest absolute Gasteiger partial charge is 0.0777 e. The molecule has 0 aromatic heterocycles. The predicted molar refractivity (Wildman–Crippen MR) is 77.2 cm³/mol. The molecule has 4 heteroatoms. The zero-order valence-electron chi connectivity index (χ0n) is 12.5. The van der Waals surface area contributed by atoms with Crippen LogP contribution in [0.2, 0.25) is 0 Å². The SMILES string of the molecule is COC1(C)CCCN(C2(CN)CCN(C3CC3)C2)C1. The number of nitrogens with zero attached hydrogens (tertiary/aromatic N) is 2. The van der Waals surface area contributed by atoms with Crippen molar-refractivity contribution in [1.82, 2.24) is 9.80 Å². The first-order chi connectivity index (χ1) is 9.11. The summed E-state index contributed by atoms with van der Waals surface area (Å²) in [6, 6.07) is 0.868. The third-order valence-corrected chi connectivity index (χ3v) is 5.63. The number of methoxy groups -OCH3 is 1. The van der Waals surface area contributed by atoms with E-state index < -0.39 is 0 Å². The van der Waals surface area contributed by atoms with Crippen LogP contribution in [-0.4, -0.2) is 66.8 Å². The van der Waals surface area contributed by atoms with Gasteiger partial charge in [-0.2, -0.15) is 0 Å². The summed E-state index contributed by atoms with van der Waals surface area (Å²) >= 11 is 0. The van der Waals surface area contributed by atoms with Crippen LogP contribution in [0.4, 0.5) is 0 Å². The molecule has 2 atom stereocenters. The van der Waals surface area contributed by atoms with E-state index in [-0.39, 0.29) is 11.1 Å². The molecule has 4 nitrogen and oxygen atoms in total. The molecule has 2 unspecified atom stereocenters. The van der Waals surface area contributed by atoms with Crippen molar-refractivity contribution in [2.24, 2.45) is 5.73 Å². The highest BCUT2D eigenvalue weighted by Crippen LogP contribution is 2.38. The Morgan fingerprint density at radius 2 is 2.00 bits per heavy atom. The van der Waals surface area contributed by atoms with Crippen LogP contribution in [0.1, 0.15) is 39.0 Å². The van der Waals surface area contributed by atoms with E-state index in [1.807, 2.05) is 7.11 Å². The molecule has 3 aliphatic rings. The van der Waals surface area contributed by atoms with Crippen molar-refractivity contribution in [3.63, 3.8) is 0 Å². The summed E-state index contributed by atoms with van der Waals surface area (Å²) in [7, 11) is 1.85. The van der Waals surface area contributed by atoms with Crippen LogP contribution in [0, 0.1) is 0 Å². The number of nitrogens with two attached hydrogens (primary N) is 1. The summed E-state index contributed by atoms with van der Waals surface area (Å²) in [5, 5.41) is 0. The van der Waals surface area contributed by atoms with Gasteiger partial charge in [-0.05, 0) is 45.6 Å². The highest BCUT2D eigenvalue weighted by molar-refractivity contribution is 5.05. The minimum absolute atomic E-state index is 0.0213. The molecular formula is C15H29N3O. The molecule has 0 amide bonds. The molecular weight excluding hydrogens is 238 g/mol. The molecule has 2 N–H and O–H groups in total. The average molecular weight is 267 g/mol. The second-order valence-corrected chi connectivity index (χ2v) is 7.06. The summed E-state index contributed by atoms with van der Waals surface area (Å²) < 4.78 is 5.75. The molecule has 2 aliphatic heterocycles. The molecule has 110 valence electrons. The molecule has 19 heavy (non-hydrogen) atoms. The Hall–Kier alpha value is -0.160. The normalized spacial score (nSPS) is 41.8. The highest BCUT2D eigenvalue weighted by Gasteiger charge is 2.48. The molecule has 0 bridgehead atoms. The number of hydrogen-bond acceptors (Lipinski definition) is 4. The van der Waals surface area contributed by atoms with Crippen molar-refractivity contribution in [3.8, 4) is 0 Å². The maximum absolute atomic E-state index is 6.20. The van der Waals surface area contributed by atoms with E-state index >= 15 is 0 Å². The minimum Gasteiger partial charge on any atom is -0.377 e. The van der Waals surface area contributed by atoms with Crippen LogP contribution in [0.25, 0.3) is 0 Å². The van der Waals surface area contributed by atoms with E-state index in [4.69, 9.17) is 10.5 Å². The molecule has 0 radical (unpaired) electrons. The lowest BCUT2D eigenvalue weighted by Crippen LogP contribution is -2.62. The number of piperidine rings is 1. The summed E-state index contributed by atoms with van der Waals surface area (Å²) in [4.78, 5) is 5.31. The zero-order valence-corrected chi connectivity index (χ0v) is 12.5. The zero-order chi connectivity index (χ0) is 13.5. The van der Waals surface area contributed by atoms with Crippen LogP contribution in [0.5, 0.6) is 0 Å². The predicted octanol–water partition coefficient (Wildman–Crippen LogP) is 1.05. The van der Waals surface area contributed by atoms with Gasteiger partial charge >= 0.3 is 0 Å². The Morgan fingerprint density at radius 3 is 2.63 bits per heavy atom. The van der Waals surface area contributed by atoms with Gasteiger partial charge in [0.25, 0.3) is 0 Å². The summed E-state index contributed by atoms with van der Waals surface area (Å²) in [6.45, 7) is 7.68. The van der Waals surface area contributed by atoms with Gasteiger partial charge in [0.05, 0.1) is 5.60 Å². The first kappa shape index (κ1) is 13.8. The van der Waals surface area contributed by atoms with Crippen molar-refractivity contribution >= 4 is 0 Å². The van der Waals surface area contributed by atoms with Gasteiger partial charge in [0, 0.05) is 44.9 Å². The fraction of sp³-hybridized carbons (Fsp3) is 1.00. The molecule has 0 aromatic rings. The Kier molecular flexibility index (Phi) is 3.63. The van der Waals surface area contributed by atoms with Gasteiger partial charge in [0.15, 0.2) is 0 Å². The maximum Gasteiger partial charge on any atom is 0.0777 e. The van der Waals surface area contributed by atoms with Crippen molar-refractivity contribution in [1.29, 1.82) is 0 Å². The third kappa shape index (κ3) is 2.56. The molecule has 3 rings (SSSR count). The highest BCUT2D eigenvalue weighted by atomic mass is 16.5. The van der Waals surface area contributed by atoms with Gasteiger partial charge in [-0.25, -0.2) is 0 Å². The fourth-order valence-electron chi connectivity index (χ4n) is 3.97. The maximum atomic E-state index is 6.20. The molecule has 0 aromatic carbocycles. The average Bonchev–Trinajstić information content (AvgIpc) is 3.19. The van der Waals surface area contributed by atoms with Crippen LogP contribution in [-0.2, 0) is 4.74 Å². The monoisotopic (exact) mass is 267 g/mol. The first-order valence-electron chi connectivity index (χ1n) is 7.85. The van der Waals surface area contributed by atoms with Crippen LogP contribution < -0.4 is 5.73 Å². The molecule has 1 saturated carbocycles. The standard InChI is InChI=1S/C15H29N3O/c1-14(19-2)6-3-8-18(11-14)15(10-16)7-9-17(12-15)13-4-5-13/h13H,3-12,16H2,1-2H3. The summed E-state index contributed by atoms with van der Waals surface area (Å²) in [5.74, 6) is 0. The molecule has 2 saturated heterocycles. The van der Waals surface area contributed by atoms with E-state index in [1.165, 1.54) is 51.7 Å².